The second kappa shape index (κ2) is 10.4. The van der Waals surface area contributed by atoms with E-state index in [1.807, 2.05) is 0 Å². The topological polar surface area (TPSA) is 56.9 Å². The number of aliphatic imine (C=N–C) groups is 1. The molecule has 0 amide bonds. The van der Waals surface area contributed by atoms with Crippen molar-refractivity contribution in [2.75, 3.05) is 53.4 Å². The van der Waals surface area contributed by atoms with Crippen LogP contribution in [0.5, 0.6) is 0 Å². The molecule has 5 nitrogen and oxygen atoms in total. The average molecular weight is 308 g/mol. The summed E-state index contributed by atoms with van der Waals surface area (Å²) in [5.74, 6) is 0.805. The zero-order valence-electron chi connectivity index (χ0n) is 11.9. The lowest BCUT2D eigenvalue weighted by Gasteiger charge is -2.10. The van der Waals surface area contributed by atoms with Gasteiger partial charge in [0.2, 0.25) is 0 Å². The zero-order chi connectivity index (χ0) is 13.4. The fourth-order valence-corrected chi connectivity index (χ4v) is 1.93. The van der Waals surface area contributed by atoms with E-state index in [1.165, 1.54) is 0 Å². The molecule has 1 saturated heterocycles. The summed E-state index contributed by atoms with van der Waals surface area (Å²) in [5.41, 5.74) is 5.52. The minimum atomic E-state index is 0. The standard InChI is InChI=1S/C6H13N3.C6H12N2S.ClH/c1-9-4-2-6(7)8-3-5-9;1-8-4-2-6(9)7-3-5-8;/h2-5H2,1H3,(H2,7,8);2-5H2,1H3,(H,7,9);1H. The van der Waals surface area contributed by atoms with E-state index in [0.29, 0.717) is 0 Å². The summed E-state index contributed by atoms with van der Waals surface area (Å²) in [7, 11) is 4.21. The minimum absolute atomic E-state index is 0. The maximum atomic E-state index is 5.52. The van der Waals surface area contributed by atoms with Crippen molar-refractivity contribution in [1.82, 2.24) is 15.1 Å². The van der Waals surface area contributed by atoms with E-state index in [4.69, 9.17) is 18.0 Å². The highest BCUT2D eigenvalue weighted by atomic mass is 35.5. The first-order chi connectivity index (χ1) is 8.58. The van der Waals surface area contributed by atoms with Crippen molar-refractivity contribution in [3.8, 4) is 0 Å². The number of rotatable bonds is 0. The summed E-state index contributed by atoms with van der Waals surface area (Å²) < 4.78 is 0. The van der Waals surface area contributed by atoms with E-state index in [9.17, 15) is 0 Å². The van der Waals surface area contributed by atoms with E-state index in [0.717, 1.165) is 62.9 Å². The lowest BCUT2D eigenvalue weighted by molar-refractivity contribution is 0.361. The number of halogens is 1. The quantitative estimate of drug-likeness (QED) is 0.632. The van der Waals surface area contributed by atoms with Gasteiger partial charge in [-0.2, -0.15) is 0 Å². The molecular weight excluding hydrogens is 282 g/mol. The molecule has 0 spiro atoms. The second-order valence-electron chi connectivity index (χ2n) is 4.83. The molecule has 0 unspecified atom stereocenters. The van der Waals surface area contributed by atoms with Gasteiger partial charge in [-0.25, -0.2) is 0 Å². The van der Waals surface area contributed by atoms with Gasteiger partial charge in [-0.1, -0.05) is 12.2 Å². The van der Waals surface area contributed by atoms with Crippen molar-refractivity contribution in [2.45, 2.75) is 12.8 Å². The van der Waals surface area contributed by atoms with Gasteiger partial charge < -0.3 is 20.9 Å². The van der Waals surface area contributed by atoms with Gasteiger partial charge in [0.15, 0.2) is 0 Å². The molecule has 2 aliphatic rings. The van der Waals surface area contributed by atoms with Crippen LogP contribution >= 0.6 is 24.6 Å². The Hall–Kier alpha value is -0.430. The Balaban J connectivity index is 0.000000324. The number of likely N-dealkylation sites (N-methyl/N-ethyl adjacent to an activating group) is 2. The summed E-state index contributed by atoms with van der Waals surface area (Å²) >= 11 is 5.01. The number of nitrogens with one attached hydrogen (secondary N) is 1. The molecule has 19 heavy (non-hydrogen) atoms. The van der Waals surface area contributed by atoms with E-state index in [2.05, 4.69) is 34.2 Å². The summed E-state index contributed by atoms with van der Waals surface area (Å²) in [6.07, 6.45) is 1.95. The Morgan fingerprint density at radius 1 is 1.11 bits per heavy atom. The molecule has 0 saturated carbocycles. The average Bonchev–Trinajstić information content (AvgIpc) is 2.63. The first-order valence-electron chi connectivity index (χ1n) is 6.50. The third-order valence-corrected chi connectivity index (χ3v) is 3.43. The monoisotopic (exact) mass is 307 g/mol. The van der Waals surface area contributed by atoms with Crippen LogP contribution in [0.3, 0.4) is 0 Å². The molecule has 2 heterocycles. The number of hydrogen-bond acceptors (Lipinski definition) is 5. The third-order valence-electron chi connectivity index (χ3n) is 3.08. The SMILES string of the molecule is CN1CCN=C(N)CC1.CN1CCNC(=S)CC1.Cl. The molecule has 7 heteroatoms. The van der Waals surface area contributed by atoms with Crippen LogP contribution in [0.15, 0.2) is 4.99 Å². The molecule has 0 atom stereocenters. The lowest BCUT2D eigenvalue weighted by atomic mass is 10.4. The predicted molar refractivity (Wildman–Crippen MR) is 88.6 cm³/mol. The zero-order valence-corrected chi connectivity index (χ0v) is 13.5. The number of hydrogen-bond donors (Lipinski definition) is 2. The molecular formula is C12H26ClN5S. The van der Waals surface area contributed by atoms with E-state index in [-0.39, 0.29) is 12.4 Å². The minimum Gasteiger partial charge on any atom is -0.387 e. The lowest BCUT2D eigenvalue weighted by Crippen LogP contribution is -2.24. The molecule has 3 N–H and O–H groups in total. The highest BCUT2D eigenvalue weighted by molar-refractivity contribution is 7.80. The van der Waals surface area contributed by atoms with Crippen LogP contribution in [-0.4, -0.2) is 74.0 Å². The van der Waals surface area contributed by atoms with Crippen LogP contribution in [0, 0.1) is 0 Å². The second-order valence-corrected chi connectivity index (χ2v) is 5.32. The Morgan fingerprint density at radius 3 is 2.47 bits per heavy atom. The van der Waals surface area contributed by atoms with E-state index < -0.39 is 0 Å². The summed E-state index contributed by atoms with van der Waals surface area (Å²) in [4.78, 5) is 9.66. The first kappa shape index (κ1) is 18.6. The Morgan fingerprint density at radius 2 is 1.74 bits per heavy atom. The molecule has 0 radical (unpaired) electrons. The van der Waals surface area contributed by atoms with Crippen LogP contribution in [-0.2, 0) is 0 Å². The van der Waals surface area contributed by atoms with Crippen LogP contribution in [0.2, 0.25) is 0 Å². The number of nitrogens with two attached hydrogens (primary N) is 1. The maximum Gasteiger partial charge on any atom is 0.0950 e. The highest BCUT2D eigenvalue weighted by Crippen LogP contribution is 1.93. The van der Waals surface area contributed by atoms with Crippen molar-refractivity contribution in [3.05, 3.63) is 0 Å². The molecule has 112 valence electrons. The summed E-state index contributed by atoms with van der Waals surface area (Å²) in [6, 6.07) is 0. The molecule has 2 aliphatic heterocycles. The van der Waals surface area contributed by atoms with Crippen molar-refractivity contribution in [2.24, 2.45) is 10.7 Å². The molecule has 0 aromatic rings. The van der Waals surface area contributed by atoms with Crippen LogP contribution in [0.25, 0.3) is 0 Å². The molecule has 2 rings (SSSR count). The highest BCUT2D eigenvalue weighted by Gasteiger charge is 2.05. The normalized spacial score (nSPS) is 21.8. The molecule has 1 fully saturated rings. The van der Waals surface area contributed by atoms with Crippen molar-refractivity contribution >= 4 is 35.4 Å². The smallest absolute Gasteiger partial charge is 0.0950 e. The van der Waals surface area contributed by atoms with Crippen LogP contribution < -0.4 is 11.1 Å². The largest absolute Gasteiger partial charge is 0.387 e. The molecule has 0 aliphatic carbocycles. The van der Waals surface area contributed by atoms with Gasteiger partial charge in [0.1, 0.15) is 0 Å². The molecule has 0 aromatic carbocycles. The number of thiocarbonyl (C=S) groups is 1. The summed E-state index contributed by atoms with van der Waals surface area (Å²) in [5, 5.41) is 3.16. The maximum absolute atomic E-state index is 5.52. The van der Waals surface area contributed by atoms with Gasteiger partial charge in [0.05, 0.1) is 17.4 Å². The fraction of sp³-hybridized carbons (Fsp3) is 0.833. The van der Waals surface area contributed by atoms with Crippen LogP contribution in [0.4, 0.5) is 0 Å². The van der Waals surface area contributed by atoms with Crippen molar-refractivity contribution in [3.63, 3.8) is 0 Å². The predicted octanol–water partition coefficient (Wildman–Crippen LogP) is 0.340. The Labute approximate surface area is 128 Å². The van der Waals surface area contributed by atoms with Gasteiger partial charge in [-0.15, -0.1) is 12.4 Å². The fourth-order valence-electron chi connectivity index (χ4n) is 1.74. The number of amidine groups is 1. The van der Waals surface area contributed by atoms with E-state index >= 15 is 0 Å². The van der Waals surface area contributed by atoms with Gasteiger partial charge in [0, 0.05) is 45.6 Å². The van der Waals surface area contributed by atoms with Crippen LogP contribution in [0.1, 0.15) is 12.8 Å². The Bertz CT molecular complexity index is 298. The van der Waals surface area contributed by atoms with Gasteiger partial charge in [0.25, 0.3) is 0 Å². The third kappa shape index (κ3) is 9.15. The van der Waals surface area contributed by atoms with Gasteiger partial charge in [-0.05, 0) is 14.1 Å². The van der Waals surface area contributed by atoms with Gasteiger partial charge >= 0.3 is 0 Å². The Kier molecular flexibility index (Phi) is 10.1. The number of nitrogens with zero attached hydrogens (tertiary/aromatic N) is 3. The van der Waals surface area contributed by atoms with Crippen molar-refractivity contribution in [1.29, 1.82) is 0 Å². The molecule has 0 aromatic heterocycles. The first-order valence-corrected chi connectivity index (χ1v) is 6.91. The van der Waals surface area contributed by atoms with E-state index in [1.54, 1.807) is 0 Å². The van der Waals surface area contributed by atoms with Gasteiger partial charge in [-0.3, -0.25) is 4.99 Å². The molecule has 0 bridgehead atoms. The van der Waals surface area contributed by atoms with Crippen molar-refractivity contribution < 1.29 is 0 Å². The summed E-state index contributed by atoms with van der Waals surface area (Å²) in [6.45, 7) is 6.18.